The van der Waals surface area contributed by atoms with E-state index < -0.39 is 28.5 Å². The molecule has 1 unspecified atom stereocenters. The summed E-state index contributed by atoms with van der Waals surface area (Å²) in [7, 11) is -4.18. The van der Waals surface area contributed by atoms with Crippen molar-refractivity contribution in [3.8, 4) is 0 Å². The molecular formula is C30H32Cl3N3O4S. The standard InChI is InChI=1S/C30H32Cl3N3O4S/c1-20-6-5-9-26(16-20)36(41(39,40)27-14-12-23(31)13-15-27)19-29(37)35(18-22-10-11-24(32)17-28(22)33)21(2)30(38)34-25-7-3-4-8-25/h5-6,9-17,21,25H,3-4,7-8,18-19H2,1-2H3,(H,34,38). The number of rotatable bonds is 10. The van der Waals surface area contributed by atoms with E-state index in [0.29, 0.717) is 26.3 Å². The molecule has 7 nitrogen and oxygen atoms in total. The van der Waals surface area contributed by atoms with Gasteiger partial charge in [-0.1, -0.05) is 65.8 Å². The summed E-state index contributed by atoms with van der Waals surface area (Å²) in [4.78, 5) is 28.7. The van der Waals surface area contributed by atoms with Crippen molar-refractivity contribution in [1.82, 2.24) is 10.2 Å². The van der Waals surface area contributed by atoms with Crippen LogP contribution in [0.3, 0.4) is 0 Å². The van der Waals surface area contributed by atoms with Gasteiger partial charge in [-0.05, 0) is 86.3 Å². The largest absolute Gasteiger partial charge is 0.352 e. The maximum absolute atomic E-state index is 14.1. The molecule has 0 aromatic heterocycles. The third kappa shape index (κ3) is 7.74. The van der Waals surface area contributed by atoms with Gasteiger partial charge in [-0.15, -0.1) is 0 Å². The summed E-state index contributed by atoms with van der Waals surface area (Å²) in [6.45, 7) is 2.91. The van der Waals surface area contributed by atoms with Crippen molar-refractivity contribution in [2.24, 2.45) is 0 Å². The van der Waals surface area contributed by atoms with Crippen molar-refractivity contribution in [2.45, 2.75) is 63.1 Å². The molecule has 1 fully saturated rings. The minimum Gasteiger partial charge on any atom is -0.352 e. The second-order valence-corrected chi connectivity index (χ2v) is 13.4. The van der Waals surface area contributed by atoms with Crippen LogP contribution < -0.4 is 9.62 Å². The average molecular weight is 637 g/mol. The molecule has 0 heterocycles. The van der Waals surface area contributed by atoms with E-state index in [2.05, 4.69) is 5.32 Å². The molecule has 1 aliphatic carbocycles. The number of carbonyl (C=O) groups is 2. The van der Waals surface area contributed by atoms with Gasteiger partial charge in [0.25, 0.3) is 10.0 Å². The number of aryl methyl sites for hydroxylation is 1. The lowest BCUT2D eigenvalue weighted by Crippen LogP contribution is -2.52. The van der Waals surface area contributed by atoms with Gasteiger partial charge in [0.15, 0.2) is 0 Å². The van der Waals surface area contributed by atoms with Crippen LogP contribution in [0.4, 0.5) is 5.69 Å². The lowest BCUT2D eigenvalue weighted by molar-refractivity contribution is -0.139. The van der Waals surface area contributed by atoms with Gasteiger partial charge in [0, 0.05) is 27.7 Å². The van der Waals surface area contributed by atoms with E-state index in [1.807, 2.05) is 13.0 Å². The summed E-state index contributed by atoms with van der Waals surface area (Å²) in [5.74, 6) is -0.873. The molecule has 4 rings (SSSR count). The molecular weight excluding hydrogens is 605 g/mol. The first-order valence-corrected chi connectivity index (χ1v) is 15.9. The first kappa shape index (κ1) is 31.2. The monoisotopic (exact) mass is 635 g/mol. The van der Waals surface area contributed by atoms with Crippen molar-refractivity contribution < 1.29 is 18.0 Å². The molecule has 1 N–H and O–H groups in total. The maximum atomic E-state index is 14.1. The number of nitrogens with one attached hydrogen (secondary N) is 1. The molecule has 0 radical (unpaired) electrons. The number of anilines is 1. The van der Waals surface area contributed by atoms with E-state index in [9.17, 15) is 18.0 Å². The van der Waals surface area contributed by atoms with Crippen molar-refractivity contribution in [2.75, 3.05) is 10.8 Å². The highest BCUT2D eigenvalue weighted by molar-refractivity contribution is 7.92. The van der Waals surface area contributed by atoms with Crippen LogP contribution in [0, 0.1) is 6.92 Å². The Hall–Kier alpha value is -2.78. The van der Waals surface area contributed by atoms with E-state index in [-0.39, 0.29) is 23.4 Å². The second-order valence-electron chi connectivity index (χ2n) is 10.2. The number of nitrogens with zero attached hydrogens (tertiary/aromatic N) is 2. The Morgan fingerprint density at radius 3 is 2.24 bits per heavy atom. The number of hydrogen-bond acceptors (Lipinski definition) is 4. The van der Waals surface area contributed by atoms with Crippen LogP contribution in [0.1, 0.15) is 43.7 Å². The molecule has 11 heteroatoms. The van der Waals surface area contributed by atoms with Gasteiger partial charge in [-0.2, -0.15) is 0 Å². The number of hydrogen-bond donors (Lipinski definition) is 1. The Morgan fingerprint density at radius 2 is 1.61 bits per heavy atom. The summed E-state index contributed by atoms with van der Waals surface area (Å²) in [5.41, 5.74) is 1.72. The SMILES string of the molecule is Cc1cccc(N(CC(=O)N(Cc2ccc(Cl)cc2Cl)C(C)C(=O)NC2CCCC2)S(=O)(=O)c2ccc(Cl)cc2)c1. The number of amides is 2. The fourth-order valence-corrected chi connectivity index (χ4v) is 6.85. The Labute approximate surface area is 256 Å². The predicted octanol–water partition coefficient (Wildman–Crippen LogP) is 6.63. The second kappa shape index (κ2) is 13.5. The fourth-order valence-electron chi connectivity index (χ4n) is 4.85. The van der Waals surface area contributed by atoms with Gasteiger partial charge in [-0.25, -0.2) is 8.42 Å². The van der Waals surface area contributed by atoms with E-state index in [1.165, 1.54) is 29.2 Å². The maximum Gasteiger partial charge on any atom is 0.264 e. The van der Waals surface area contributed by atoms with Crippen molar-refractivity contribution in [1.29, 1.82) is 0 Å². The molecule has 3 aromatic carbocycles. The highest BCUT2D eigenvalue weighted by Gasteiger charge is 2.33. The van der Waals surface area contributed by atoms with Crippen LogP contribution in [0.15, 0.2) is 71.6 Å². The zero-order chi connectivity index (χ0) is 29.7. The lowest BCUT2D eigenvalue weighted by atomic mass is 10.1. The van der Waals surface area contributed by atoms with Crippen LogP contribution in [-0.4, -0.2) is 43.8 Å². The van der Waals surface area contributed by atoms with Crippen molar-refractivity contribution in [3.63, 3.8) is 0 Å². The van der Waals surface area contributed by atoms with Gasteiger partial charge in [0.1, 0.15) is 12.6 Å². The molecule has 2 amide bonds. The van der Waals surface area contributed by atoms with E-state index in [0.717, 1.165) is 35.6 Å². The first-order valence-electron chi connectivity index (χ1n) is 13.3. The zero-order valence-corrected chi connectivity index (χ0v) is 25.9. The van der Waals surface area contributed by atoms with Gasteiger partial charge < -0.3 is 10.2 Å². The topological polar surface area (TPSA) is 86.8 Å². The number of sulfonamides is 1. The summed E-state index contributed by atoms with van der Waals surface area (Å²) in [6, 6.07) is 16.7. The third-order valence-corrected chi connectivity index (χ3v) is 9.82. The summed E-state index contributed by atoms with van der Waals surface area (Å²) >= 11 is 18.5. The van der Waals surface area contributed by atoms with E-state index >= 15 is 0 Å². The number of halogens is 3. The molecule has 0 aliphatic heterocycles. The third-order valence-electron chi connectivity index (χ3n) is 7.19. The van der Waals surface area contributed by atoms with Crippen molar-refractivity contribution >= 4 is 62.3 Å². The summed E-state index contributed by atoms with van der Waals surface area (Å²) in [5, 5.41) is 4.20. The predicted molar refractivity (Wildman–Crippen MR) is 164 cm³/mol. The minimum absolute atomic E-state index is 0.0171. The Bertz CT molecular complexity index is 1510. The summed E-state index contributed by atoms with van der Waals surface area (Å²) in [6.07, 6.45) is 3.85. The number of carbonyl (C=O) groups excluding carboxylic acids is 2. The van der Waals surface area contributed by atoms with E-state index in [1.54, 1.807) is 43.3 Å². The average Bonchev–Trinajstić information content (AvgIpc) is 3.44. The molecule has 41 heavy (non-hydrogen) atoms. The molecule has 1 aliphatic rings. The minimum atomic E-state index is -4.18. The molecule has 0 bridgehead atoms. The van der Waals surface area contributed by atoms with Crippen LogP contribution in [0.2, 0.25) is 15.1 Å². The van der Waals surface area contributed by atoms with E-state index in [4.69, 9.17) is 34.8 Å². The Kier molecular flexibility index (Phi) is 10.2. The highest BCUT2D eigenvalue weighted by Crippen LogP contribution is 2.28. The fraction of sp³-hybridized carbons (Fsp3) is 0.333. The summed E-state index contributed by atoms with van der Waals surface area (Å²) < 4.78 is 28.8. The number of benzene rings is 3. The van der Waals surface area contributed by atoms with Crippen LogP contribution >= 0.6 is 34.8 Å². The van der Waals surface area contributed by atoms with Gasteiger partial charge in [0.05, 0.1) is 10.6 Å². The molecule has 3 aromatic rings. The molecule has 1 atom stereocenters. The van der Waals surface area contributed by atoms with Crippen LogP contribution in [0.25, 0.3) is 0 Å². The quantitative estimate of drug-likeness (QED) is 0.271. The smallest absolute Gasteiger partial charge is 0.264 e. The zero-order valence-electron chi connectivity index (χ0n) is 22.8. The van der Waals surface area contributed by atoms with Crippen LogP contribution in [-0.2, 0) is 26.2 Å². The Morgan fingerprint density at radius 1 is 0.951 bits per heavy atom. The molecule has 0 spiro atoms. The molecule has 0 saturated heterocycles. The van der Waals surface area contributed by atoms with Gasteiger partial charge in [0.2, 0.25) is 11.8 Å². The lowest BCUT2D eigenvalue weighted by Gasteiger charge is -2.32. The highest BCUT2D eigenvalue weighted by atomic mass is 35.5. The molecule has 1 saturated carbocycles. The molecule has 218 valence electrons. The van der Waals surface area contributed by atoms with Gasteiger partial charge in [-0.3, -0.25) is 13.9 Å². The van der Waals surface area contributed by atoms with Gasteiger partial charge >= 0.3 is 0 Å². The first-order chi connectivity index (χ1) is 19.5. The van der Waals surface area contributed by atoms with Crippen LogP contribution in [0.5, 0.6) is 0 Å². The Balaban J connectivity index is 1.70. The van der Waals surface area contributed by atoms with Crippen molar-refractivity contribution in [3.05, 3.63) is 92.9 Å². The normalized spacial score (nSPS) is 14.5.